The number of allylic oxidation sites excluding steroid dienone is 4. The van der Waals surface area contributed by atoms with Crippen LogP contribution in [0.1, 0.15) is 77.2 Å². The molecular formula is C30H39NO4. The zero-order chi connectivity index (χ0) is 25.1. The number of hydrogen-bond acceptors (Lipinski definition) is 5. The zero-order valence-electron chi connectivity index (χ0n) is 21.8. The van der Waals surface area contributed by atoms with Crippen molar-refractivity contribution < 1.29 is 19.4 Å². The van der Waals surface area contributed by atoms with Gasteiger partial charge in [-0.05, 0) is 92.2 Å². The minimum absolute atomic E-state index is 0.177. The summed E-state index contributed by atoms with van der Waals surface area (Å²) in [5.74, 6) is 0.832. The van der Waals surface area contributed by atoms with Crippen molar-refractivity contribution in [3.05, 3.63) is 52.6 Å². The van der Waals surface area contributed by atoms with Gasteiger partial charge in [-0.2, -0.15) is 0 Å². The minimum atomic E-state index is -0.875. The normalized spacial score (nSPS) is 35.0. The van der Waals surface area contributed by atoms with E-state index >= 15 is 0 Å². The molecular weight excluding hydrogens is 438 g/mol. The van der Waals surface area contributed by atoms with Crippen molar-refractivity contribution in [1.29, 1.82) is 0 Å². The fourth-order valence-electron chi connectivity index (χ4n) is 8.18. The van der Waals surface area contributed by atoms with Gasteiger partial charge in [0, 0.05) is 44.5 Å². The monoisotopic (exact) mass is 477 g/mol. The van der Waals surface area contributed by atoms with Gasteiger partial charge in [0.15, 0.2) is 5.78 Å². The molecule has 1 N–H and O–H groups in total. The first-order valence-corrected chi connectivity index (χ1v) is 13.2. The molecule has 2 fully saturated rings. The molecule has 35 heavy (non-hydrogen) atoms. The van der Waals surface area contributed by atoms with E-state index in [2.05, 4.69) is 36.1 Å². The first-order valence-electron chi connectivity index (χ1n) is 13.2. The standard InChI is InChI=1S/C30H39NO4/c1-18(32)30(35-19(2)33)15-14-27-25-12-8-21-16-23(34)11-13-24(21)28(25)26(17-29(27,30)3)20-6-9-22(10-7-20)31(4)5/h6-7,9-10,16,18,25-27,32H,8,11-15,17H2,1-5H3/t18?,25?,26?,27?,29?,30-/m0/s1. The van der Waals surface area contributed by atoms with E-state index in [1.807, 2.05) is 20.2 Å². The molecule has 0 aromatic heterocycles. The number of ether oxygens (including phenoxy) is 1. The van der Waals surface area contributed by atoms with Crippen LogP contribution < -0.4 is 4.90 Å². The summed E-state index contributed by atoms with van der Waals surface area (Å²) in [6, 6.07) is 8.84. The maximum atomic E-state index is 12.3. The molecule has 2 saturated carbocycles. The highest BCUT2D eigenvalue weighted by Crippen LogP contribution is 2.68. The number of nitrogens with zero attached hydrogens (tertiary/aromatic N) is 1. The third-order valence-electron chi connectivity index (χ3n) is 9.73. The van der Waals surface area contributed by atoms with E-state index in [0.29, 0.717) is 24.7 Å². The van der Waals surface area contributed by atoms with Crippen molar-refractivity contribution in [3.63, 3.8) is 0 Å². The fraction of sp³-hybridized carbons (Fsp3) is 0.600. The van der Waals surface area contributed by atoms with Crippen LogP contribution in [0.3, 0.4) is 0 Å². The molecule has 0 saturated heterocycles. The predicted octanol–water partition coefficient (Wildman–Crippen LogP) is 5.33. The van der Waals surface area contributed by atoms with Gasteiger partial charge < -0.3 is 14.7 Å². The van der Waals surface area contributed by atoms with Gasteiger partial charge in [0.1, 0.15) is 5.60 Å². The van der Waals surface area contributed by atoms with Crippen LogP contribution in [-0.4, -0.2) is 42.7 Å². The van der Waals surface area contributed by atoms with Gasteiger partial charge in [-0.15, -0.1) is 0 Å². The summed E-state index contributed by atoms with van der Waals surface area (Å²) >= 11 is 0. The van der Waals surface area contributed by atoms with Crippen LogP contribution in [0.5, 0.6) is 0 Å². The Kier molecular flexibility index (Phi) is 5.98. The first kappa shape index (κ1) is 24.3. The number of esters is 1. The lowest BCUT2D eigenvalue weighted by molar-refractivity contribution is -0.199. The van der Waals surface area contributed by atoms with Gasteiger partial charge in [0.2, 0.25) is 0 Å². The average Bonchev–Trinajstić information content (AvgIpc) is 3.10. The van der Waals surface area contributed by atoms with Crippen LogP contribution in [0, 0.1) is 17.3 Å². The van der Waals surface area contributed by atoms with Crippen LogP contribution >= 0.6 is 0 Å². The molecule has 0 spiro atoms. The summed E-state index contributed by atoms with van der Waals surface area (Å²) in [6.45, 7) is 5.52. The van der Waals surface area contributed by atoms with Crippen LogP contribution in [0.25, 0.3) is 0 Å². The summed E-state index contributed by atoms with van der Waals surface area (Å²) in [7, 11) is 4.10. The highest BCUT2D eigenvalue weighted by Gasteiger charge is 2.66. The van der Waals surface area contributed by atoms with E-state index in [1.165, 1.54) is 29.2 Å². The van der Waals surface area contributed by atoms with Crippen molar-refractivity contribution in [2.75, 3.05) is 19.0 Å². The minimum Gasteiger partial charge on any atom is -0.456 e. The molecule has 5 nitrogen and oxygen atoms in total. The lowest BCUT2D eigenvalue weighted by atomic mass is 9.50. The van der Waals surface area contributed by atoms with E-state index in [1.54, 1.807) is 6.92 Å². The highest BCUT2D eigenvalue weighted by atomic mass is 16.6. The van der Waals surface area contributed by atoms with Gasteiger partial charge in [-0.1, -0.05) is 24.6 Å². The van der Waals surface area contributed by atoms with E-state index in [9.17, 15) is 14.7 Å². The average molecular weight is 478 g/mol. The quantitative estimate of drug-likeness (QED) is 0.594. The number of benzene rings is 1. The number of fused-ring (bicyclic) bond motifs is 4. The predicted molar refractivity (Wildman–Crippen MR) is 137 cm³/mol. The Balaban J connectivity index is 1.68. The maximum Gasteiger partial charge on any atom is 0.303 e. The first-order chi connectivity index (χ1) is 16.6. The lowest BCUT2D eigenvalue weighted by Gasteiger charge is -2.56. The van der Waals surface area contributed by atoms with Gasteiger partial charge in [0.25, 0.3) is 0 Å². The van der Waals surface area contributed by atoms with E-state index in [0.717, 1.165) is 37.8 Å². The molecule has 6 atom stereocenters. The second kappa shape index (κ2) is 8.62. The Morgan fingerprint density at radius 1 is 1.14 bits per heavy atom. The van der Waals surface area contributed by atoms with Gasteiger partial charge in [0.05, 0.1) is 6.10 Å². The topological polar surface area (TPSA) is 66.8 Å². The molecule has 1 aromatic rings. The Hall–Kier alpha value is -2.40. The number of carbonyl (C=O) groups is 2. The molecule has 0 amide bonds. The fourth-order valence-corrected chi connectivity index (χ4v) is 8.18. The second-order valence-electron chi connectivity index (χ2n) is 11.7. The molecule has 188 valence electrons. The summed E-state index contributed by atoms with van der Waals surface area (Å²) < 4.78 is 6.10. The molecule has 5 unspecified atom stereocenters. The number of aliphatic hydroxyl groups is 1. The summed E-state index contributed by atoms with van der Waals surface area (Å²) in [6.07, 6.45) is 7.00. The second-order valence-corrected chi connectivity index (χ2v) is 11.7. The van der Waals surface area contributed by atoms with Crippen LogP contribution in [-0.2, 0) is 14.3 Å². The van der Waals surface area contributed by atoms with Crippen molar-refractivity contribution in [2.24, 2.45) is 17.3 Å². The number of carbonyl (C=O) groups excluding carboxylic acids is 2. The number of aliphatic hydroxyl groups excluding tert-OH is 1. The van der Waals surface area contributed by atoms with Crippen molar-refractivity contribution in [2.45, 2.75) is 83.3 Å². The van der Waals surface area contributed by atoms with Crippen LogP contribution in [0.4, 0.5) is 5.69 Å². The van der Waals surface area contributed by atoms with Crippen LogP contribution in [0.2, 0.25) is 0 Å². The number of rotatable bonds is 4. The molecule has 5 heteroatoms. The van der Waals surface area contributed by atoms with Gasteiger partial charge >= 0.3 is 5.97 Å². The Labute approximate surface area is 209 Å². The third-order valence-corrected chi connectivity index (χ3v) is 9.73. The number of hydrogen-bond donors (Lipinski definition) is 1. The molecule has 5 rings (SSSR count). The molecule has 1 aromatic carbocycles. The number of anilines is 1. The van der Waals surface area contributed by atoms with Gasteiger partial charge in [-0.3, -0.25) is 9.59 Å². The summed E-state index contributed by atoms with van der Waals surface area (Å²) in [5, 5.41) is 11.1. The van der Waals surface area contributed by atoms with Crippen molar-refractivity contribution in [1.82, 2.24) is 0 Å². The Morgan fingerprint density at radius 3 is 2.49 bits per heavy atom. The molecule has 4 aliphatic carbocycles. The zero-order valence-corrected chi connectivity index (χ0v) is 21.8. The van der Waals surface area contributed by atoms with Crippen molar-refractivity contribution in [3.8, 4) is 0 Å². The SMILES string of the molecule is CC(=O)O[C@]1(C(C)O)CCC2C3CCC4=CC(=O)CCC4=C3C(c3ccc(N(C)C)cc3)CC21C. The lowest BCUT2D eigenvalue weighted by Crippen LogP contribution is -2.58. The molecule has 0 bridgehead atoms. The van der Waals surface area contributed by atoms with E-state index in [-0.39, 0.29) is 23.1 Å². The van der Waals surface area contributed by atoms with E-state index in [4.69, 9.17) is 4.74 Å². The Bertz CT molecular complexity index is 1100. The molecule has 0 radical (unpaired) electrons. The number of ketones is 1. The van der Waals surface area contributed by atoms with Crippen molar-refractivity contribution >= 4 is 17.4 Å². The Morgan fingerprint density at radius 2 is 1.86 bits per heavy atom. The van der Waals surface area contributed by atoms with Gasteiger partial charge in [-0.25, -0.2) is 0 Å². The molecule has 4 aliphatic rings. The van der Waals surface area contributed by atoms with E-state index < -0.39 is 11.7 Å². The molecule has 0 heterocycles. The summed E-state index contributed by atoms with van der Waals surface area (Å²) in [5.41, 5.74) is 5.39. The highest BCUT2D eigenvalue weighted by molar-refractivity contribution is 5.93. The summed E-state index contributed by atoms with van der Waals surface area (Å²) in [4.78, 5) is 26.6. The molecule has 0 aliphatic heterocycles. The third kappa shape index (κ3) is 3.69. The smallest absolute Gasteiger partial charge is 0.303 e. The largest absolute Gasteiger partial charge is 0.456 e. The van der Waals surface area contributed by atoms with Crippen LogP contribution in [0.15, 0.2) is 47.1 Å². The maximum absolute atomic E-state index is 12.3.